The number of ether oxygens (including phenoxy) is 3. The van der Waals surface area contributed by atoms with Crippen molar-refractivity contribution in [2.75, 3.05) is 31.7 Å². The number of nitro benzene ring substituents is 1. The Labute approximate surface area is 270 Å². The van der Waals surface area contributed by atoms with Crippen LogP contribution in [0.25, 0.3) is 0 Å². The third-order valence-corrected chi connectivity index (χ3v) is 8.37. The van der Waals surface area contributed by atoms with Crippen LogP contribution in [-0.2, 0) is 26.2 Å². The average Bonchev–Trinajstić information content (AvgIpc) is 3.09. The smallest absolute Gasteiger partial charge is 0.289 e. The monoisotopic (exact) mass is 661 g/mol. The van der Waals surface area contributed by atoms with Crippen molar-refractivity contribution in [2.24, 2.45) is 5.10 Å². The number of nitro groups is 1. The lowest BCUT2D eigenvalue weighted by atomic mass is 10.2. The lowest BCUT2D eigenvalue weighted by Gasteiger charge is -2.25. The lowest BCUT2D eigenvalue weighted by Crippen LogP contribution is -2.40. The molecule has 0 atom stereocenters. The number of hydrogen-bond acceptors (Lipinski definition) is 10. The Kier molecular flexibility index (Phi) is 11.4. The van der Waals surface area contributed by atoms with Crippen LogP contribution in [0.5, 0.6) is 17.2 Å². The van der Waals surface area contributed by atoms with Gasteiger partial charge in [-0.15, -0.1) is 0 Å². The van der Waals surface area contributed by atoms with Crippen LogP contribution in [0.1, 0.15) is 11.1 Å². The van der Waals surface area contributed by atoms with Gasteiger partial charge in [0.05, 0.1) is 31.0 Å². The minimum atomic E-state index is -4.67. The molecule has 2 amide bonds. The van der Waals surface area contributed by atoms with Gasteiger partial charge >= 0.3 is 0 Å². The predicted molar refractivity (Wildman–Crippen MR) is 173 cm³/mol. The largest absolute Gasteiger partial charge is 0.497 e. The maximum atomic E-state index is 13.8. The van der Waals surface area contributed by atoms with E-state index < -0.39 is 38.0 Å². The Hall–Kier alpha value is -5.96. The van der Waals surface area contributed by atoms with Crippen molar-refractivity contribution in [1.29, 1.82) is 0 Å². The molecule has 0 aliphatic heterocycles. The molecule has 4 rings (SSSR count). The van der Waals surface area contributed by atoms with Gasteiger partial charge in [0.25, 0.3) is 27.5 Å². The normalized spacial score (nSPS) is 11.0. The van der Waals surface area contributed by atoms with Crippen LogP contribution in [0.3, 0.4) is 0 Å². The first-order valence-electron chi connectivity index (χ1n) is 14.0. The summed E-state index contributed by atoms with van der Waals surface area (Å²) >= 11 is 0. The predicted octanol–water partition coefficient (Wildman–Crippen LogP) is 3.65. The molecule has 0 aromatic heterocycles. The minimum absolute atomic E-state index is 0.0406. The van der Waals surface area contributed by atoms with Crippen molar-refractivity contribution in [3.8, 4) is 17.2 Å². The SMILES string of the molecule is COc1ccc(N(CC(=O)N/N=C\c2ccc(OCC(=O)NCc3ccccc3)cc2)S(=O)(=O)c2ccccc2[N+](=O)[O-])c(OC)c1. The molecule has 4 aromatic rings. The molecule has 0 radical (unpaired) electrons. The van der Waals surface area contributed by atoms with Crippen LogP contribution >= 0.6 is 0 Å². The number of hydrazone groups is 1. The van der Waals surface area contributed by atoms with Gasteiger partial charge in [0.1, 0.15) is 23.8 Å². The summed E-state index contributed by atoms with van der Waals surface area (Å²) in [5.41, 5.74) is 3.08. The quantitative estimate of drug-likeness (QED) is 0.109. The molecule has 0 spiro atoms. The van der Waals surface area contributed by atoms with Crippen LogP contribution < -0.4 is 29.3 Å². The van der Waals surface area contributed by atoms with E-state index in [1.807, 2.05) is 30.3 Å². The van der Waals surface area contributed by atoms with E-state index in [9.17, 15) is 28.1 Å². The van der Waals surface area contributed by atoms with Crippen LogP contribution in [0.2, 0.25) is 0 Å². The first-order chi connectivity index (χ1) is 22.6. The topological polar surface area (TPSA) is 179 Å². The zero-order chi connectivity index (χ0) is 33.8. The van der Waals surface area contributed by atoms with Crippen LogP contribution in [0.4, 0.5) is 11.4 Å². The van der Waals surface area contributed by atoms with E-state index in [0.29, 0.717) is 27.9 Å². The van der Waals surface area contributed by atoms with E-state index in [4.69, 9.17) is 14.2 Å². The third kappa shape index (κ3) is 9.04. The van der Waals surface area contributed by atoms with Crippen molar-refractivity contribution in [3.05, 3.63) is 118 Å². The van der Waals surface area contributed by atoms with Gasteiger partial charge in [0, 0.05) is 18.7 Å². The Morgan fingerprint density at radius 3 is 2.26 bits per heavy atom. The number of nitrogens with one attached hydrogen (secondary N) is 2. The van der Waals surface area contributed by atoms with Gasteiger partial charge in [0.15, 0.2) is 11.5 Å². The van der Waals surface area contributed by atoms with Gasteiger partial charge < -0.3 is 19.5 Å². The van der Waals surface area contributed by atoms with Crippen molar-refractivity contribution in [1.82, 2.24) is 10.7 Å². The molecule has 14 nitrogen and oxygen atoms in total. The van der Waals surface area contributed by atoms with E-state index in [1.54, 1.807) is 24.3 Å². The number of anilines is 1. The van der Waals surface area contributed by atoms with Gasteiger partial charge in [-0.1, -0.05) is 42.5 Å². The molecule has 0 bridgehead atoms. The van der Waals surface area contributed by atoms with Crippen molar-refractivity contribution < 1.29 is 37.1 Å². The summed E-state index contributed by atoms with van der Waals surface area (Å²) in [6.45, 7) is -0.595. The number of rotatable bonds is 15. The number of benzene rings is 4. The molecule has 15 heteroatoms. The Morgan fingerprint density at radius 2 is 1.57 bits per heavy atom. The fraction of sp³-hybridized carbons (Fsp3) is 0.156. The molecule has 0 aliphatic rings. The second-order valence-electron chi connectivity index (χ2n) is 9.69. The molecule has 0 fully saturated rings. The highest BCUT2D eigenvalue weighted by Gasteiger charge is 2.34. The van der Waals surface area contributed by atoms with Crippen molar-refractivity contribution in [2.45, 2.75) is 11.4 Å². The molecule has 47 heavy (non-hydrogen) atoms. The van der Waals surface area contributed by atoms with E-state index in [0.717, 1.165) is 17.7 Å². The Bertz CT molecular complexity index is 1850. The fourth-order valence-electron chi connectivity index (χ4n) is 4.23. The molecule has 0 aliphatic carbocycles. The van der Waals surface area contributed by atoms with Crippen molar-refractivity contribution in [3.63, 3.8) is 0 Å². The zero-order valence-electron chi connectivity index (χ0n) is 25.4. The highest BCUT2D eigenvalue weighted by molar-refractivity contribution is 7.93. The van der Waals surface area contributed by atoms with E-state index in [-0.39, 0.29) is 24.0 Å². The van der Waals surface area contributed by atoms with Gasteiger partial charge in [-0.25, -0.2) is 13.8 Å². The molecule has 2 N–H and O–H groups in total. The van der Waals surface area contributed by atoms with E-state index in [2.05, 4.69) is 15.8 Å². The van der Waals surface area contributed by atoms with Crippen LogP contribution in [0, 0.1) is 10.1 Å². The Morgan fingerprint density at radius 1 is 0.894 bits per heavy atom. The lowest BCUT2D eigenvalue weighted by molar-refractivity contribution is -0.387. The van der Waals surface area contributed by atoms with E-state index >= 15 is 0 Å². The average molecular weight is 662 g/mol. The molecule has 0 heterocycles. The summed E-state index contributed by atoms with van der Waals surface area (Å²) < 4.78 is 44.4. The zero-order valence-corrected chi connectivity index (χ0v) is 26.2. The molecular weight excluding hydrogens is 630 g/mol. The summed E-state index contributed by atoms with van der Waals surface area (Å²) in [7, 11) is -1.96. The minimum Gasteiger partial charge on any atom is -0.497 e. The summed E-state index contributed by atoms with van der Waals surface area (Å²) in [6, 6.07) is 25.0. The van der Waals surface area contributed by atoms with E-state index in [1.165, 1.54) is 50.8 Å². The molecule has 0 saturated heterocycles. The van der Waals surface area contributed by atoms with Gasteiger partial charge in [0.2, 0.25) is 0 Å². The molecule has 0 unspecified atom stereocenters. The molecule has 244 valence electrons. The summed E-state index contributed by atoms with van der Waals surface area (Å²) in [6.07, 6.45) is 1.32. The first kappa shape index (κ1) is 33.9. The number of methoxy groups -OCH3 is 2. The molecule has 4 aromatic carbocycles. The number of sulfonamides is 1. The highest BCUT2D eigenvalue weighted by atomic mass is 32.2. The third-order valence-electron chi connectivity index (χ3n) is 6.56. The maximum absolute atomic E-state index is 13.8. The Balaban J connectivity index is 1.43. The fourth-order valence-corrected chi connectivity index (χ4v) is 5.82. The van der Waals surface area contributed by atoms with Crippen molar-refractivity contribution >= 4 is 39.4 Å². The van der Waals surface area contributed by atoms with Gasteiger partial charge in [-0.3, -0.25) is 24.0 Å². The maximum Gasteiger partial charge on any atom is 0.289 e. The molecular formula is C32H31N5O9S. The summed E-state index contributed by atoms with van der Waals surface area (Å²) in [4.78, 5) is 35.3. The number of hydrogen-bond donors (Lipinski definition) is 2. The van der Waals surface area contributed by atoms with Crippen LogP contribution in [-0.4, -0.2) is 58.7 Å². The summed E-state index contributed by atoms with van der Waals surface area (Å²) in [5.74, 6) is -0.301. The second-order valence-corrected chi connectivity index (χ2v) is 11.5. The number of nitrogens with zero attached hydrogens (tertiary/aromatic N) is 3. The van der Waals surface area contributed by atoms with Crippen LogP contribution in [0.15, 0.2) is 107 Å². The van der Waals surface area contributed by atoms with Gasteiger partial charge in [-0.05, 0) is 53.6 Å². The standard InChI is InChI=1S/C32H31N5O9S/c1-44-26-16-17-27(29(18-26)45-2)36(47(42,43)30-11-7-6-10-28(30)37(40)41)21-31(38)35-34-20-24-12-14-25(15-13-24)46-22-32(39)33-19-23-8-4-3-5-9-23/h3-18,20H,19,21-22H2,1-2H3,(H,33,39)(H,35,38)/b34-20-. The summed E-state index contributed by atoms with van der Waals surface area (Å²) in [5, 5.41) is 18.3. The van der Waals surface area contributed by atoms with Gasteiger partial charge in [-0.2, -0.15) is 5.10 Å². The number of carbonyl (C=O) groups is 2. The number of amides is 2. The highest BCUT2D eigenvalue weighted by Crippen LogP contribution is 2.37. The number of para-hydroxylation sites is 1. The first-order valence-corrected chi connectivity index (χ1v) is 15.4. The second kappa shape index (κ2) is 15.9. The molecule has 0 saturated carbocycles. The number of carbonyl (C=O) groups excluding carboxylic acids is 2.